The van der Waals surface area contributed by atoms with Crippen LogP contribution < -0.4 is 5.73 Å². The standard InChI is InChI=1S/C9H20N2S/c1-2-3-4-11-5-6-12-9(7-10)8-11/h9H,2-8,10H2,1H3. The van der Waals surface area contributed by atoms with Gasteiger partial charge in [-0.3, -0.25) is 0 Å². The lowest BCUT2D eigenvalue weighted by molar-refractivity contribution is 0.279. The maximum absolute atomic E-state index is 5.65. The van der Waals surface area contributed by atoms with Gasteiger partial charge in [0.25, 0.3) is 0 Å². The zero-order chi connectivity index (χ0) is 8.81. The van der Waals surface area contributed by atoms with Crippen molar-refractivity contribution < 1.29 is 0 Å². The molecule has 1 heterocycles. The number of nitrogens with two attached hydrogens (primary N) is 1. The number of thioether (sulfide) groups is 1. The Morgan fingerprint density at radius 3 is 3.08 bits per heavy atom. The smallest absolute Gasteiger partial charge is 0.0298 e. The van der Waals surface area contributed by atoms with E-state index < -0.39 is 0 Å². The lowest BCUT2D eigenvalue weighted by Gasteiger charge is -2.31. The van der Waals surface area contributed by atoms with E-state index in [9.17, 15) is 0 Å². The minimum atomic E-state index is 0.690. The normalized spacial score (nSPS) is 26.0. The SMILES string of the molecule is CCCCN1CCSC(CN)C1. The van der Waals surface area contributed by atoms with Crippen LogP contribution in [0, 0.1) is 0 Å². The summed E-state index contributed by atoms with van der Waals surface area (Å²) in [6, 6.07) is 0. The molecule has 1 saturated heterocycles. The van der Waals surface area contributed by atoms with Crippen molar-refractivity contribution in [1.82, 2.24) is 4.90 Å². The first-order valence-corrected chi connectivity index (χ1v) is 5.95. The zero-order valence-corrected chi connectivity index (χ0v) is 8.78. The summed E-state index contributed by atoms with van der Waals surface area (Å²) in [5.41, 5.74) is 5.65. The molecule has 0 aliphatic carbocycles. The number of unbranched alkanes of at least 4 members (excludes halogenated alkanes) is 1. The Bertz CT molecular complexity index is 119. The van der Waals surface area contributed by atoms with E-state index in [0.717, 1.165) is 6.54 Å². The molecule has 0 aromatic carbocycles. The Hall–Kier alpha value is 0.270. The van der Waals surface area contributed by atoms with Gasteiger partial charge in [0.05, 0.1) is 0 Å². The highest BCUT2D eigenvalue weighted by molar-refractivity contribution is 8.00. The van der Waals surface area contributed by atoms with Crippen LogP contribution in [0.25, 0.3) is 0 Å². The molecule has 0 amide bonds. The van der Waals surface area contributed by atoms with Crippen LogP contribution in [0.5, 0.6) is 0 Å². The molecule has 1 aliphatic heterocycles. The third kappa shape index (κ3) is 3.33. The fraction of sp³-hybridized carbons (Fsp3) is 1.00. The molecule has 0 saturated carbocycles. The Kier molecular flexibility index (Phi) is 5.04. The van der Waals surface area contributed by atoms with Gasteiger partial charge in [-0.2, -0.15) is 11.8 Å². The molecule has 1 rings (SSSR count). The molecule has 0 radical (unpaired) electrons. The van der Waals surface area contributed by atoms with Gasteiger partial charge in [0.15, 0.2) is 0 Å². The van der Waals surface area contributed by atoms with Gasteiger partial charge in [0, 0.05) is 30.6 Å². The monoisotopic (exact) mass is 188 g/mol. The molecule has 2 N–H and O–H groups in total. The summed E-state index contributed by atoms with van der Waals surface area (Å²) in [6.45, 7) is 6.84. The topological polar surface area (TPSA) is 29.3 Å². The van der Waals surface area contributed by atoms with Gasteiger partial charge in [-0.15, -0.1) is 0 Å². The Balaban J connectivity index is 2.16. The highest BCUT2D eigenvalue weighted by Gasteiger charge is 2.17. The third-order valence-corrected chi connectivity index (χ3v) is 3.54. The fourth-order valence-electron chi connectivity index (χ4n) is 1.51. The molecule has 12 heavy (non-hydrogen) atoms. The third-order valence-electron chi connectivity index (χ3n) is 2.31. The number of rotatable bonds is 4. The highest BCUT2D eigenvalue weighted by Crippen LogP contribution is 2.17. The summed E-state index contributed by atoms with van der Waals surface area (Å²) < 4.78 is 0. The number of hydrogen-bond donors (Lipinski definition) is 1. The van der Waals surface area contributed by atoms with Crippen molar-refractivity contribution in [2.24, 2.45) is 5.73 Å². The fourth-order valence-corrected chi connectivity index (χ4v) is 2.66. The predicted molar refractivity (Wildman–Crippen MR) is 56.6 cm³/mol. The Morgan fingerprint density at radius 2 is 2.42 bits per heavy atom. The van der Waals surface area contributed by atoms with E-state index in [2.05, 4.69) is 11.8 Å². The van der Waals surface area contributed by atoms with Crippen LogP contribution >= 0.6 is 11.8 Å². The van der Waals surface area contributed by atoms with Crippen molar-refractivity contribution in [3.63, 3.8) is 0 Å². The van der Waals surface area contributed by atoms with Crippen LogP contribution in [0.15, 0.2) is 0 Å². The Morgan fingerprint density at radius 1 is 1.58 bits per heavy atom. The van der Waals surface area contributed by atoms with Crippen molar-refractivity contribution in [2.75, 3.05) is 31.9 Å². The van der Waals surface area contributed by atoms with Gasteiger partial charge in [-0.25, -0.2) is 0 Å². The van der Waals surface area contributed by atoms with Crippen molar-refractivity contribution in [3.8, 4) is 0 Å². The second-order valence-electron chi connectivity index (χ2n) is 3.38. The predicted octanol–water partition coefficient (Wildman–Crippen LogP) is 1.16. The minimum Gasteiger partial charge on any atom is -0.329 e. The molecule has 0 bridgehead atoms. The van der Waals surface area contributed by atoms with E-state index in [-0.39, 0.29) is 0 Å². The van der Waals surface area contributed by atoms with Crippen LogP contribution in [0.1, 0.15) is 19.8 Å². The van der Waals surface area contributed by atoms with Crippen LogP contribution in [0.2, 0.25) is 0 Å². The van der Waals surface area contributed by atoms with Crippen molar-refractivity contribution in [3.05, 3.63) is 0 Å². The second-order valence-corrected chi connectivity index (χ2v) is 4.79. The quantitative estimate of drug-likeness (QED) is 0.718. The van der Waals surface area contributed by atoms with Crippen LogP contribution in [-0.4, -0.2) is 42.1 Å². The largest absolute Gasteiger partial charge is 0.329 e. The molecule has 2 nitrogen and oxygen atoms in total. The first-order chi connectivity index (χ1) is 5.86. The van der Waals surface area contributed by atoms with Crippen molar-refractivity contribution in [1.29, 1.82) is 0 Å². The van der Waals surface area contributed by atoms with E-state index in [1.165, 1.54) is 38.2 Å². The van der Waals surface area contributed by atoms with Crippen LogP contribution in [-0.2, 0) is 0 Å². The highest BCUT2D eigenvalue weighted by atomic mass is 32.2. The molecule has 0 spiro atoms. The second kappa shape index (κ2) is 5.84. The van der Waals surface area contributed by atoms with E-state index in [4.69, 9.17) is 5.73 Å². The molecule has 3 heteroatoms. The zero-order valence-electron chi connectivity index (χ0n) is 7.96. The maximum Gasteiger partial charge on any atom is 0.0298 e. The number of hydrogen-bond acceptors (Lipinski definition) is 3. The lowest BCUT2D eigenvalue weighted by Crippen LogP contribution is -2.41. The maximum atomic E-state index is 5.65. The van der Waals surface area contributed by atoms with Crippen LogP contribution in [0.4, 0.5) is 0 Å². The van der Waals surface area contributed by atoms with Crippen LogP contribution in [0.3, 0.4) is 0 Å². The minimum absolute atomic E-state index is 0.690. The van der Waals surface area contributed by atoms with E-state index in [1.807, 2.05) is 11.8 Å². The first-order valence-electron chi connectivity index (χ1n) is 4.90. The summed E-state index contributed by atoms with van der Waals surface area (Å²) in [4.78, 5) is 2.55. The summed E-state index contributed by atoms with van der Waals surface area (Å²) in [5, 5.41) is 0.690. The molecule has 0 aromatic rings. The summed E-state index contributed by atoms with van der Waals surface area (Å²) >= 11 is 2.03. The van der Waals surface area contributed by atoms with Gasteiger partial charge in [0.2, 0.25) is 0 Å². The molecule has 72 valence electrons. The molecular weight excluding hydrogens is 168 g/mol. The van der Waals surface area contributed by atoms with Gasteiger partial charge >= 0.3 is 0 Å². The molecular formula is C9H20N2S. The first kappa shape index (κ1) is 10.4. The Labute approximate surface area is 79.9 Å². The van der Waals surface area contributed by atoms with Gasteiger partial charge < -0.3 is 10.6 Å². The van der Waals surface area contributed by atoms with Crippen molar-refractivity contribution >= 4 is 11.8 Å². The summed E-state index contributed by atoms with van der Waals surface area (Å²) in [6.07, 6.45) is 2.64. The molecule has 1 fully saturated rings. The summed E-state index contributed by atoms with van der Waals surface area (Å²) in [5.74, 6) is 1.27. The molecule has 1 atom stereocenters. The van der Waals surface area contributed by atoms with Gasteiger partial charge in [-0.1, -0.05) is 13.3 Å². The average molecular weight is 188 g/mol. The van der Waals surface area contributed by atoms with Gasteiger partial charge in [0.1, 0.15) is 0 Å². The average Bonchev–Trinajstić information content (AvgIpc) is 2.15. The molecule has 0 aromatic heterocycles. The van der Waals surface area contributed by atoms with E-state index in [0.29, 0.717) is 5.25 Å². The van der Waals surface area contributed by atoms with E-state index in [1.54, 1.807) is 0 Å². The number of nitrogens with zero attached hydrogens (tertiary/aromatic N) is 1. The lowest BCUT2D eigenvalue weighted by atomic mass is 10.3. The van der Waals surface area contributed by atoms with Gasteiger partial charge in [-0.05, 0) is 13.0 Å². The summed E-state index contributed by atoms with van der Waals surface area (Å²) in [7, 11) is 0. The molecule has 1 unspecified atom stereocenters. The molecule has 1 aliphatic rings. The van der Waals surface area contributed by atoms with E-state index >= 15 is 0 Å². The van der Waals surface area contributed by atoms with Crippen molar-refractivity contribution in [2.45, 2.75) is 25.0 Å².